The topological polar surface area (TPSA) is 89.6 Å². The molecule has 0 aromatic heterocycles. The van der Waals surface area contributed by atoms with Crippen LogP contribution in [0, 0.1) is 0 Å². The van der Waals surface area contributed by atoms with Crippen LogP contribution in [0.5, 0.6) is 0 Å². The molecule has 80 valence electrons. The number of nitrogens with two attached hydrogens (primary N) is 1. The number of esters is 1. The molecule has 0 heterocycles. The Hall–Kier alpha value is -1.50. The first-order valence-electron chi connectivity index (χ1n) is 3.58. The van der Waals surface area contributed by atoms with E-state index in [1.807, 2.05) is 0 Å². The summed E-state index contributed by atoms with van der Waals surface area (Å²) in [5, 5.41) is 8.02. The monoisotopic (exact) mass is 209 g/mol. The van der Waals surface area contributed by atoms with Gasteiger partial charge in [-0.3, -0.25) is 4.79 Å². The molecular formula is C7H9F2NO4. The predicted molar refractivity (Wildman–Crippen MR) is 41.1 cm³/mol. The Morgan fingerprint density at radius 3 is 2.36 bits per heavy atom. The number of rotatable bonds is 4. The fraction of sp³-hybridized carbons (Fsp3) is 0.429. The number of hydrogen-bond donors (Lipinski definition) is 2. The van der Waals surface area contributed by atoms with Crippen molar-refractivity contribution in [1.29, 1.82) is 0 Å². The maximum atomic E-state index is 12.1. The number of alkyl halides is 2. The Kier molecular flexibility index (Phi) is 4.16. The van der Waals surface area contributed by atoms with Gasteiger partial charge in [-0.2, -0.15) is 8.78 Å². The highest BCUT2D eigenvalue weighted by molar-refractivity contribution is 6.19. The second-order valence-corrected chi connectivity index (χ2v) is 2.17. The third kappa shape index (κ3) is 3.09. The summed E-state index contributed by atoms with van der Waals surface area (Å²) in [7, 11) is 0. The van der Waals surface area contributed by atoms with E-state index in [9.17, 15) is 18.4 Å². The van der Waals surface area contributed by atoms with Gasteiger partial charge in [0.15, 0.2) is 0 Å². The van der Waals surface area contributed by atoms with Gasteiger partial charge in [-0.25, -0.2) is 4.79 Å². The van der Waals surface area contributed by atoms with Crippen LogP contribution < -0.4 is 5.73 Å². The van der Waals surface area contributed by atoms with Crippen molar-refractivity contribution in [2.24, 2.45) is 5.73 Å². The maximum Gasteiger partial charge on any atom is 0.418 e. The molecule has 0 aromatic rings. The number of carbonyl (C=O) groups is 2. The Bertz CT molecular complexity index is 269. The average molecular weight is 209 g/mol. The molecule has 0 bridgehead atoms. The van der Waals surface area contributed by atoms with E-state index in [1.54, 1.807) is 0 Å². The lowest BCUT2D eigenvalue weighted by Gasteiger charge is -2.09. The molecule has 0 saturated heterocycles. The van der Waals surface area contributed by atoms with Gasteiger partial charge < -0.3 is 15.6 Å². The Morgan fingerprint density at radius 2 is 2.07 bits per heavy atom. The zero-order valence-electron chi connectivity index (χ0n) is 7.29. The zero-order chi connectivity index (χ0) is 11.4. The number of aliphatic hydroxyl groups is 1. The summed E-state index contributed by atoms with van der Waals surface area (Å²) < 4.78 is 28.4. The highest BCUT2D eigenvalue weighted by Crippen LogP contribution is 2.15. The van der Waals surface area contributed by atoms with Crippen LogP contribution in [-0.4, -0.2) is 29.6 Å². The second-order valence-electron chi connectivity index (χ2n) is 2.17. The van der Waals surface area contributed by atoms with E-state index in [-0.39, 0.29) is 6.61 Å². The van der Waals surface area contributed by atoms with E-state index in [4.69, 9.17) is 10.8 Å². The van der Waals surface area contributed by atoms with Gasteiger partial charge in [-0.1, -0.05) is 0 Å². The molecule has 14 heavy (non-hydrogen) atoms. The van der Waals surface area contributed by atoms with Crippen molar-refractivity contribution in [1.82, 2.24) is 0 Å². The fourth-order valence-corrected chi connectivity index (χ4v) is 0.607. The molecule has 5 nitrogen and oxygen atoms in total. The lowest BCUT2D eigenvalue weighted by molar-refractivity contribution is -0.199. The first kappa shape index (κ1) is 12.5. The van der Waals surface area contributed by atoms with Gasteiger partial charge in [0.05, 0.1) is 6.61 Å². The van der Waals surface area contributed by atoms with Crippen molar-refractivity contribution in [2.75, 3.05) is 6.61 Å². The fourth-order valence-electron chi connectivity index (χ4n) is 0.607. The zero-order valence-corrected chi connectivity index (χ0v) is 7.29. The summed E-state index contributed by atoms with van der Waals surface area (Å²) in [5.41, 5.74) is 3.69. The Labute approximate surface area is 78.1 Å². The van der Waals surface area contributed by atoms with Gasteiger partial charge in [0.25, 0.3) is 5.78 Å². The van der Waals surface area contributed by atoms with Crippen molar-refractivity contribution in [3.05, 3.63) is 11.8 Å². The maximum absolute atomic E-state index is 12.1. The number of halogens is 2. The third-order valence-corrected chi connectivity index (χ3v) is 1.18. The van der Waals surface area contributed by atoms with Gasteiger partial charge in [0, 0.05) is 6.20 Å². The molecule has 0 aliphatic rings. The van der Waals surface area contributed by atoms with E-state index in [0.717, 1.165) is 0 Å². The van der Waals surface area contributed by atoms with Gasteiger partial charge in [-0.05, 0) is 6.92 Å². The smallest absolute Gasteiger partial charge is 0.418 e. The van der Waals surface area contributed by atoms with Crippen LogP contribution in [0.3, 0.4) is 0 Å². The van der Waals surface area contributed by atoms with E-state index in [1.165, 1.54) is 6.92 Å². The first-order valence-corrected chi connectivity index (χ1v) is 3.58. The molecular weight excluding hydrogens is 200 g/mol. The molecule has 0 saturated carbocycles. The van der Waals surface area contributed by atoms with Crippen LogP contribution in [-0.2, 0) is 14.3 Å². The normalized spacial score (nSPS) is 12.4. The van der Waals surface area contributed by atoms with Crippen molar-refractivity contribution >= 4 is 11.8 Å². The van der Waals surface area contributed by atoms with Gasteiger partial charge in [0.2, 0.25) is 0 Å². The molecule has 0 amide bonds. The summed E-state index contributed by atoms with van der Waals surface area (Å²) in [5.74, 6) is -3.38. The summed E-state index contributed by atoms with van der Waals surface area (Å²) in [4.78, 5) is 21.5. The Balaban J connectivity index is 4.77. The lowest BCUT2D eigenvalue weighted by atomic mass is 10.2. The molecule has 0 rings (SSSR count). The third-order valence-electron chi connectivity index (χ3n) is 1.18. The van der Waals surface area contributed by atoms with E-state index in [0.29, 0.717) is 6.20 Å². The molecule has 0 fully saturated rings. The van der Waals surface area contributed by atoms with Crippen LogP contribution in [0.2, 0.25) is 0 Å². The standard InChI is InChI=1S/C7H9F2NO4/c1-2-14-6(12)4(3-10)5(11)7(8,9)13/h3,13H,2,10H2,1H3. The lowest BCUT2D eigenvalue weighted by Crippen LogP contribution is -2.33. The molecule has 0 unspecified atom stereocenters. The van der Waals surface area contributed by atoms with Gasteiger partial charge in [0.1, 0.15) is 5.57 Å². The number of ether oxygens (including phenoxy) is 1. The van der Waals surface area contributed by atoms with Crippen LogP contribution in [0.15, 0.2) is 11.8 Å². The van der Waals surface area contributed by atoms with Crippen LogP contribution in [0.4, 0.5) is 8.78 Å². The summed E-state index contributed by atoms with van der Waals surface area (Å²) in [6, 6.07) is 0. The van der Waals surface area contributed by atoms with Crippen LogP contribution >= 0.6 is 0 Å². The number of carbonyl (C=O) groups excluding carboxylic acids is 2. The highest BCUT2D eigenvalue weighted by atomic mass is 19.3. The molecule has 0 aliphatic carbocycles. The summed E-state index contributed by atoms with van der Waals surface area (Å²) >= 11 is 0. The van der Waals surface area contributed by atoms with Crippen molar-refractivity contribution in [2.45, 2.75) is 13.0 Å². The largest absolute Gasteiger partial charge is 0.462 e. The van der Waals surface area contributed by atoms with Gasteiger partial charge in [-0.15, -0.1) is 0 Å². The van der Waals surface area contributed by atoms with Crippen LogP contribution in [0.1, 0.15) is 6.92 Å². The number of ketones is 1. The first-order chi connectivity index (χ1) is 6.34. The SMILES string of the molecule is CCOC(=O)C(=CN)C(=O)C(O)(F)F. The highest BCUT2D eigenvalue weighted by Gasteiger charge is 2.41. The van der Waals surface area contributed by atoms with Gasteiger partial charge >= 0.3 is 12.1 Å². The van der Waals surface area contributed by atoms with E-state index >= 15 is 0 Å². The minimum atomic E-state index is -4.63. The minimum Gasteiger partial charge on any atom is -0.462 e. The number of Topliss-reactive ketones (excluding diaryl/α,β-unsaturated/α-hetero) is 1. The average Bonchev–Trinajstić information content (AvgIpc) is 2.04. The molecule has 0 atom stereocenters. The molecule has 0 aromatic carbocycles. The van der Waals surface area contributed by atoms with Crippen molar-refractivity contribution in [3.8, 4) is 0 Å². The quantitative estimate of drug-likeness (QED) is 0.283. The molecule has 0 radical (unpaired) electrons. The van der Waals surface area contributed by atoms with E-state index in [2.05, 4.69) is 4.74 Å². The molecule has 3 N–H and O–H groups in total. The Morgan fingerprint density at radius 1 is 1.57 bits per heavy atom. The minimum absolute atomic E-state index is 0.0968. The summed E-state index contributed by atoms with van der Waals surface area (Å²) in [6.07, 6.45) is -4.26. The van der Waals surface area contributed by atoms with E-state index < -0.39 is 23.4 Å². The van der Waals surface area contributed by atoms with Crippen molar-refractivity contribution in [3.63, 3.8) is 0 Å². The molecule has 0 aliphatic heterocycles. The predicted octanol–water partition coefficient (Wildman–Crippen LogP) is -0.454. The molecule has 0 spiro atoms. The summed E-state index contributed by atoms with van der Waals surface area (Å²) in [6.45, 7) is 1.33. The second kappa shape index (κ2) is 4.66. The van der Waals surface area contributed by atoms with Crippen molar-refractivity contribution < 1.29 is 28.2 Å². The molecule has 7 heteroatoms. The number of hydrogen-bond acceptors (Lipinski definition) is 5. The van der Waals surface area contributed by atoms with Crippen LogP contribution in [0.25, 0.3) is 0 Å².